The molecule has 20 heavy (non-hydrogen) atoms. The molecule has 3 heteroatoms. The van der Waals surface area contributed by atoms with E-state index in [-0.39, 0.29) is 11.9 Å². The fraction of sp³-hybridized carbons (Fsp3) is 0.647. The molecule has 1 aromatic rings. The summed E-state index contributed by atoms with van der Waals surface area (Å²) in [5.41, 5.74) is 1.75. The highest BCUT2D eigenvalue weighted by Crippen LogP contribution is 2.42. The van der Waals surface area contributed by atoms with Gasteiger partial charge in [-0.05, 0) is 55.3 Å². The summed E-state index contributed by atoms with van der Waals surface area (Å²) >= 11 is 6.32. The maximum atomic E-state index is 13.6. The first-order valence-corrected chi connectivity index (χ1v) is 8.11. The van der Waals surface area contributed by atoms with Crippen molar-refractivity contribution in [1.82, 2.24) is 5.32 Å². The van der Waals surface area contributed by atoms with Crippen molar-refractivity contribution in [3.63, 3.8) is 0 Å². The number of nitrogens with one attached hydrogen (secondary N) is 1. The average Bonchev–Trinajstić information content (AvgIpc) is 2.82. The number of hydrogen-bond donors (Lipinski definition) is 1. The Hall–Kier alpha value is -0.600. The molecule has 0 spiro atoms. The van der Waals surface area contributed by atoms with Gasteiger partial charge in [-0.3, -0.25) is 0 Å². The molecule has 1 saturated carbocycles. The summed E-state index contributed by atoms with van der Waals surface area (Å²) in [6, 6.07) is 3.64. The van der Waals surface area contributed by atoms with E-state index in [1.807, 2.05) is 13.0 Å². The maximum absolute atomic E-state index is 13.6. The molecule has 0 aromatic heterocycles. The van der Waals surface area contributed by atoms with Gasteiger partial charge in [0.2, 0.25) is 0 Å². The van der Waals surface area contributed by atoms with Gasteiger partial charge in [0.15, 0.2) is 0 Å². The number of halogens is 2. The van der Waals surface area contributed by atoms with Gasteiger partial charge in [-0.1, -0.05) is 44.4 Å². The predicted molar refractivity (Wildman–Crippen MR) is 83.7 cm³/mol. The van der Waals surface area contributed by atoms with Crippen molar-refractivity contribution >= 4 is 11.6 Å². The predicted octanol–water partition coefficient (Wildman–Crippen LogP) is 5.26. The maximum Gasteiger partial charge on any atom is 0.127 e. The third kappa shape index (κ3) is 3.35. The van der Waals surface area contributed by atoms with Crippen LogP contribution in [-0.4, -0.2) is 6.54 Å². The zero-order valence-electron chi connectivity index (χ0n) is 12.7. The van der Waals surface area contributed by atoms with E-state index in [0.29, 0.717) is 22.4 Å². The van der Waals surface area contributed by atoms with Crippen molar-refractivity contribution in [3.05, 3.63) is 34.1 Å². The normalized spacial score (nSPS) is 24.1. The minimum atomic E-state index is -0.215. The van der Waals surface area contributed by atoms with Crippen LogP contribution >= 0.6 is 11.6 Å². The van der Waals surface area contributed by atoms with Crippen LogP contribution in [0.25, 0.3) is 0 Å². The molecule has 0 amide bonds. The van der Waals surface area contributed by atoms with Crippen LogP contribution in [0.3, 0.4) is 0 Å². The lowest BCUT2D eigenvalue weighted by atomic mass is 9.85. The lowest BCUT2D eigenvalue weighted by molar-refractivity contribution is 0.302. The lowest BCUT2D eigenvalue weighted by Gasteiger charge is -2.29. The van der Waals surface area contributed by atoms with Gasteiger partial charge in [0.1, 0.15) is 5.82 Å². The highest BCUT2D eigenvalue weighted by atomic mass is 35.5. The van der Waals surface area contributed by atoms with Crippen molar-refractivity contribution in [3.8, 4) is 0 Å². The van der Waals surface area contributed by atoms with Gasteiger partial charge >= 0.3 is 0 Å². The Morgan fingerprint density at radius 3 is 2.75 bits per heavy atom. The Balaban J connectivity index is 2.32. The van der Waals surface area contributed by atoms with Gasteiger partial charge in [-0.25, -0.2) is 4.39 Å². The summed E-state index contributed by atoms with van der Waals surface area (Å²) in [5.74, 6) is 1.09. The molecule has 1 nitrogen and oxygen atoms in total. The SMILES string of the molecule is CCCNC(c1cc(C)c(F)cc1Cl)C1CCCC1C. The van der Waals surface area contributed by atoms with E-state index in [0.717, 1.165) is 18.5 Å². The zero-order valence-corrected chi connectivity index (χ0v) is 13.4. The van der Waals surface area contributed by atoms with Crippen molar-refractivity contribution < 1.29 is 4.39 Å². The quantitative estimate of drug-likeness (QED) is 0.781. The van der Waals surface area contributed by atoms with E-state index in [9.17, 15) is 4.39 Å². The summed E-state index contributed by atoms with van der Waals surface area (Å²) in [5, 5.41) is 4.19. The fourth-order valence-corrected chi connectivity index (χ4v) is 3.65. The van der Waals surface area contributed by atoms with Gasteiger partial charge in [0.25, 0.3) is 0 Å². The molecule has 0 aliphatic heterocycles. The molecule has 0 saturated heterocycles. The van der Waals surface area contributed by atoms with E-state index >= 15 is 0 Å². The van der Waals surface area contributed by atoms with E-state index < -0.39 is 0 Å². The highest BCUT2D eigenvalue weighted by molar-refractivity contribution is 6.31. The molecular formula is C17H25ClFN. The molecule has 1 aromatic carbocycles. The molecule has 1 fully saturated rings. The molecule has 1 aliphatic carbocycles. The molecule has 3 atom stereocenters. The van der Waals surface area contributed by atoms with Crippen LogP contribution in [-0.2, 0) is 0 Å². The second-order valence-electron chi connectivity index (χ2n) is 6.13. The van der Waals surface area contributed by atoms with Crippen LogP contribution in [0.4, 0.5) is 4.39 Å². The molecule has 1 N–H and O–H groups in total. The van der Waals surface area contributed by atoms with Crippen molar-refractivity contribution in [2.45, 2.75) is 52.5 Å². The van der Waals surface area contributed by atoms with Crippen molar-refractivity contribution in [2.24, 2.45) is 11.8 Å². The number of aryl methyl sites for hydroxylation is 1. The average molecular weight is 298 g/mol. The summed E-state index contributed by atoms with van der Waals surface area (Å²) < 4.78 is 13.6. The molecule has 2 rings (SSSR count). The highest BCUT2D eigenvalue weighted by Gasteiger charge is 2.32. The Labute approximate surface area is 126 Å². The molecule has 3 unspecified atom stereocenters. The zero-order chi connectivity index (χ0) is 14.7. The Morgan fingerprint density at radius 1 is 1.40 bits per heavy atom. The third-order valence-electron chi connectivity index (χ3n) is 4.58. The van der Waals surface area contributed by atoms with E-state index in [4.69, 9.17) is 11.6 Å². The van der Waals surface area contributed by atoms with Gasteiger partial charge in [0, 0.05) is 11.1 Å². The van der Waals surface area contributed by atoms with Crippen molar-refractivity contribution in [2.75, 3.05) is 6.54 Å². The number of benzene rings is 1. The van der Waals surface area contributed by atoms with Crippen LogP contribution in [0, 0.1) is 24.6 Å². The van der Waals surface area contributed by atoms with Gasteiger partial charge in [-0.2, -0.15) is 0 Å². The standard InChI is InChI=1S/C17H25ClFN/c1-4-8-20-17(13-7-5-6-11(13)2)14-9-12(3)16(19)10-15(14)18/h9-11,13,17,20H,4-8H2,1-3H3. The third-order valence-corrected chi connectivity index (χ3v) is 4.91. The second-order valence-corrected chi connectivity index (χ2v) is 6.53. The molecule has 0 heterocycles. The van der Waals surface area contributed by atoms with Crippen LogP contribution in [0.5, 0.6) is 0 Å². The largest absolute Gasteiger partial charge is 0.310 e. The smallest absolute Gasteiger partial charge is 0.127 e. The first kappa shape index (κ1) is 15.8. The van der Waals surface area contributed by atoms with Gasteiger partial charge in [0.05, 0.1) is 0 Å². The number of hydrogen-bond acceptors (Lipinski definition) is 1. The molecule has 0 bridgehead atoms. The van der Waals surface area contributed by atoms with Gasteiger partial charge in [-0.15, -0.1) is 0 Å². The molecule has 112 valence electrons. The topological polar surface area (TPSA) is 12.0 Å². The minimum absolute atomic E-state index is 0.215. The van der Waals surface area contributed by atoms with Crippen LogP contribution in [0.15, 0.2) is 12.1 Å². The second kappa shape index (κ2) is 6.91. The minimum Gasteiger partial charge on any atom is -0.310 e. The first-order chi connectivity index (χ1) is 9.54. The Kier molecular flexibility index (Phi) is 5.45. The lowest BCUT2D eigenvalue weighted by Crippen LogP contribution is -2.30. The molecule has 0 radical (unpaired) electrons. The monoisotopic (exact) mass is 297 g/mol. The van der Waals surface area contributed by atoms with E-state index in [2.05, 4.69) is 19.2 Å². The first-order valence-electron chi connectivity index (χ1n) is 7.73. The summed E-state index contributed by atoms with van der Waals surface area (Å²) in [6.07, 6.45) is 4.89. The fourth-order valence-electron chi connectivity index (χ4n) is 3.38. The Bertz CT molecular complexity index is 461. The van der Waals surface area contributed by atoms with Crippen LogP contribution in [0.1, 0.15) is 56.7 Å². The van der Waals surface area contributed by atoms with E-state index in [1.54, 1.807) is 0 Å². The van der Waals surface area contributed by atoms with Crippen molar-refractivity contribution in [1.29, 1.82) is 0 Å². The summed E-state index contributed by atoms with van der Waals surface area (Å²) in [7, 11) is 0. The van der Waals surface area contributed by atoms with Crippen LogP contribution in [0.2, 0.25) is 5.02 Å². The van der Waals surface area contributed by atoms with Gasteiger partial charge < -0.3 is 5.32 Å². The summed E-state index contributed by atoms with van der Waals surface area (Å²) in [6.45, 7) is 7.27. The van der Waals surface area contributed by atoms with Crippen LogP contribution < -0.4 is 5.32 Å². The summed E-state index contributed by atoms with van der Waals surface area (Å²) in [4.78, 5) is 0. The Morgan fingerprint density at radius 2 is 2.15 bits per heavy atom. The number of rotatable bonds is 5. The molecular weight excluding hydrogens is 273 g/mol. The van der Waals surface area contributed by atoms with E-state index in [1.165, 1.54) is 25.3 Å². The molecule has 1 aliphatic rings.